The summed E-state index contributed by atoms with van der Waals surface area (Å²) in [5.74, 6) is -0.287. The van der Waals surface area contributed by atoms with Crippen molar-refractivity contribution in [2.75, 3.05) is 38.7 Å². The number of carbonyl (C=O) groups is 1. The largest absolute Gasteiger partial charge is 0.395 e. The molecule has 0 radical (unpaired) electrons. The second-order valence-corrected chi connectivity index (χ2v) is 4.46. The fraction of sp³-hybridized carbons (Fsp3) is 0.462. The van der Waals surface area contributed by atoms with E-state index in [4.69, 9.17) is 5.11 Å². The fourth-order valence-electron chi connectivity index (χ4n) is 1.90. The summed E-state index contributed by atoms with van der Waals surface area (Å²) in [7, 11) is 3.18. The molecule has 1 aromatic rings. The van der Waals surface area contributed by atoms with Gasteiger partial charge in [0.25, 0.3) is 11.6 Å². The van der Waals surface area contributed by atoms with Crippen LogP contribution < -0.4 is 4.90 Å². The van der Waals surface area contributed by atoms with E-state index in [1.165, 1.54) is 11.0 Å². The molecule has 0 heterocycles. The van der Waals surface area contributed by atoms with Gasteiger partial charge in [-0.05, 0) is 19.1 Å². The summed E-state index contributed by atoms with van der Waals surface area (Å²) in [6, 6.07) is 4.39. The van der Waals surface area contributed by atoms with Crippen LogP contribution in [0.5, 0.6) is 0 Å². The standard InChI is InChI=1S/C13H19N3O4/c1-4-15(7-8-17)11-6-5-10(13(18)14(2)3)9-12(11)16(19)20/h5-6,9,17H,4,7-8H2,1-3H3. The highest BCUT2D eigenvalue weighted by atomic mass is 16.6. The number of amides is 1. The fourth-order valence-corrected chi connectivity index (χ4v) is 1.90. The van der Waals surface area contributed by atoms with Gasteiger partial charge in [-0.25, -0.2) is 0 Å². The molecule has 1 aromatic carbocycles. The zero-order chi connectivity index (χ0) is 15.3. The van der Waals surface area contributed by atoms with Crippen LogP contribution in [0, 0.1) is 10.1 Å². The van der Waals surface area contributed by atoms with Crippen molar-refractivity contribution in [3.63, 3.8) is 0 Å². The van der Waals surface area contributed by atoms with Crippen molar-refractivity contribution < 1.29 is 14.8 Å². The maximum atomic E-state index is 11.8. The van der Waals surface area contributed by atoms with E-state index in [1.807, 2.05) is 6.92 Å². The molecule has 0 unspecified atom stereocenters. The number of aliphatic hydroxyl groups is 1. The quantitative estimate of drug-likeness (QED) is 0.623. The van der Waals surface area contributed by atoms with Crippen molar-refractivity contribution in [3.05, 3.63) is 33.9 Å². The minimum Gasteiger partial charge on any atom is -0.395 e. The molecular weight excluding hydrogens is 262 g/mol. The number of nitro groups is 1. The van der Waals surface area contributed by atoms with Gasteiger partial charge in [-0.1, -0.05) is 0 Å². The van der Waals surface area contributed by atoms with Gasteiger partial charge in [0.05, 0.1) is 11.5 Å². The van der Waals surface area contributed by atoms with Gasteiger partial charge in [0.15, 0.2) is 0 Å². The van der Waals surface area contributed by atoms with Crippen molar-refractivity contribution in [2.24, 2.45) is 0 Å². The average Bonchev–Trinajstić information content (AvgIpc) is 2.43. The maximum Gasteiger partial charge on any atom is 0.293 e. The predicted molar refractivity (Wildman–Crippen MR) is 76.1 cm³/mol. The molecule has 1 amide bonds. The minimum absolute atomic E-state index is 0.0939. The lowest BCUT2D eigenvalue weighted by molar-refractivity contribution is -0.384. The molecule has 0 atom stereocenters. The predicted octanol–water partition coefficient (Wildman–Crippen LogP) is 1.12. The summed E-state index contributed by atoms with van der Waals surface area (Å²) in [5, 5.41) is 20.2. The summed E-state index contributed by atoms with van der Waals surface area (Å²) < 4.78 is 0. The Hall–Kier alpha value is -2.15. The molecule has 20 heavy (non-hydrogen) atoms. The summed E-state index contributed by atoms with van der Waals surface area (Å²) >= 11 is 0. The van der Waals surface area contributed by atoms with Crippen molar-refractivity contribution >= 4 is 17.3 Å². The molecule has 110 valence electrons. The van der Waals surface area contributed by atoms with Crippen LogP contribution >= 0.6 is 0 Å². The van der Waals surface area contributed by atoms with Crippen LogP contribution in [0.1, 0.15) is 17.3 Å². The Bertz CT molecular complexity index is 502. The SMILES string of the molecule is CCN(CCO)c1ccc(C(=O)N(C)C)cc1[N+](=O)[O-]. The summed E-state index contributed by atoms with van der Waals surface area (Å²) in [5.41, 5.74) is 0.542. The van der Waals surface area contributed by atoms with E-state index in [0.717, 1.165) is 0 Å². The summed E-state index contributed by atoms with van der Waals surface area (Å²) in [6.07, 6.45) is 0. The zero-order valence-electron chi connectivity index (χ0n) is 11.9. The Morgan fingerprint density at radius 1 is 1.40 bits per heavy atom. The number of nitro benzene ring substituents is 1. The number of anilines is 1. The Morgan fingerprint density at radius 2 is 2.05 bits per heavy atom. The topological polar surface area (TPSA) is 86.9 Å². The number of benzene rings is 1. The summed E-state index contributed by atoms with van der Waals surface area (Å²) in [6.45, 7) is 2.59. The van der Waals surface area contributed by atoms with Crippen molar-refractivity contribution in [1.82, 2.24) is 4.90 Å². The van der Waals surface area contributed by atoms with Gasteiger partial charge in [-0.3, -0.25) is 14.9 Å². The molecule has 0 aliphatic carbocycles. The molecular formula is C13H19N3O4. The first kappa shape index (κ1) is 15.9. The van der Waals surface area contributed by atoms with Crippen LogP contribution in [0.3, 0.4) is 0 Å². The highest BCUT2D eigenvalue weighted by Crippen LogP contribution is 2.29. The van der Waals surface area contributed by atoms with Crippen LogP contribution in [0.15, 0.2) is 18.2 Å². The van der Waals surface area contributed by atoms with Gasteiger partial charge in [-0.2, -0.15) is 0 Å². The number of aliphatic hydroxyl groups excluding tert-OH is 1. The lowest BCUT2D eigenvalue weighted by Crippen LogP contribution is -2.27. The molecule has 1 N–H and O–H groups in total. The van der Waals surface area contributed by atoms with E-state index in [-0.39, 0.29) is 23.8 Å². The Morgan fingerprint density at radius 3 is 2.50 bits per heavy atom. The Kier molecular flexibility index (Phi) is 5.45. The molecule has 7 nitrogen and oxygen atoms in total. The molecule has 0 spiro atoms. The Labute approximate surface area is 117 Å². The van der Waals surface area contributed by atoms with Gasteiger partial charge in [0.2, 0.25) is 0 Å². The van der Waals surface area contributed by atoms with Gasteiger partial charge >= 0.3 is 0 Å². The number of carbonyl (C=O) groups excluding carboxylic acids is 1. The molecule has 0 saturated heterocycles. The normalized spacial score (nSPS) is 10.2. The first-order valence-corrected chi connectivity index (χ1v) is 6.28. The average molecular weight is 281 g/mol. The molecule has 0 aliphatic rings. The van der Waals surface area contributed by atoms with Crippen molar-refractivity contribution in [1.29, 1.82) is 0 Å². The van der Waals surface area contributed by atoms with E-state index < -0.39 is 4.92 Å². The third kappa shape index (κ3) is 3.45. The number of rotatable bonds is 6. The second kappa shape index (κ2) is 6.85. The van der Waals surface area contributed by atoms with E-state index in [9.17, 15) is 14.9 Å². The monoisotopic (exact) mass is 281 g/mol. The first-order chi connectivity index (χ1) is 9.42. The third-order valence-corrected chi connectivity index (χ3v) is 2.92. The number of hydrogen-bond donors (Lipinski definition) is 1. The van der Waals surface area contributed by atoms with Crippen molar-refractivity contribution in [2.45, 2.75) is 6.92 Å². The maximum absolute atomic E-state index is 11.8. The Balaban J connectivity index is 3.27. The minimum atomic E-state index is -0.512. The van der Waals surface area contributed by atoms with E-state index in [1.54, 1.807) is 31.1 Å². The first-order valence-electron chi connectivity index (χ1n) is 6.28. The van der Waals surface area contributed by atoms with Gasteiger partial charge < -0.3 is 14.9 Å². The van der Waals surface area contributed by atoms with Gasteiger partial charge in [0.1, 0.15) is 5.69 Å². The smallest absolute Gasteiger partial charge is 0.293 e. The second-order valence-electron chi connectivity index (χ2n) is 4.46. The van der Waals surface area contributed by atoms with Crippen LogP contribution in [-0.2, 0) is 0 Å². The third-order valence-electron chi connectivity index (χ3n) is 2.92. The molecule has 1 rings (SSSR count). The highest BCUT2D eigenvalue weighted by molar-refractivity contribution is 5.95. The van der Waals surface area contributed by atoms with Crippen LogP contribution in [0.2, 0.25) is 0 Å². The van der Waals surface area contributed by atoms with Crippen molar-refractivity contribution in [3.8, 4) is 0 Å². The van der Waals surface area contributed by atoms with E-state index in [2.05, 4.69) is 0 Å². The molecule has 0 fully saturated rings. The van der Waals surface area contributed by atoms with Gasteiger partial charge in [0, 0.05) is 38.8 Å². The summed E-state index contributed by atoms with van der Waals surface area (Å²) in [4.78, 5) is 25.6. The lowest BCUT2D eigenvalue weighted by atomic mass is 10.1. The lowest BCUT2D eigenvalue weighted by Gasteiger charge is -2.22. The molecule has 0 saturated carbocycles. The highest BCUT2D eigenvalue weighted by Gasteiger charge is 2.21. The molecule has 0 bridgehead atoms. The molecule has 0 aliphatic heterocycles. The van der Waals surface area contributed by atoms with Crippen LogP contribution in [0.25, 0.3) is 0 Å². The molecule has 0 aromatic heterocycles. The van der Waals surface area contributed by atoms with Crippen LogP contribution in [0.4, 0.5) is 11.4 Å². The molecule has 7 heteroatoms. The van der Waals surface area contributed by atoms with Gasteiger partial charge in [-0.15, -0.1) is 0 Å². The van der Waals surface area contributed by atoms with Crippen LogP contribution in [-0.4, -0.2) is 54.6 Å². The van der Waals surface area contributed by atoms with E-state index in [0.29, 0.717) is 18.8 Å². The zero-order valence-corrected chi connectivity index (χ0v) is 11.9. The van der Waals surface area contributed by atoms with E-state index >= 15 is 0 Å². The number of nitrogens with zero attached hydrogens (tertiary/aromatic N) is 3. The number of hydrogen-bond acceptors (Lipinski definition) is 5. The number of likely N-dealkylation sites (N-methyl/N-ethyl adjacent to an activating group) is 1.